The largest absolute Gasteiger partial charge is 0.491 e. The second kappa shape index (κ2) is 7.51. The van der Waals surface area contributed by atoms with Crippen LogP contribution in [0.4, 0.5) is 4.79 Å². The normalized spacial score (nSPS) is 18.3. The van der Waals surface area contributed by atoms with Gasteiger partial charge in [-0.2, -0.15) is 0 Å². The maximum atomic E-state index is 11.6. The molecule has 0 radical (unpaired) electrons. The third-order valence-electron chi connectivity index (χ3n) is 3.70. The van der Waals surface area contributed by atoms with Crippen LogP contribution in [-0.2, 0) is 11.2 Å². The van der Waals surface area contributed by atoms with Gasteiger partial charge in [-0.1, -0.05) is 54.2 Å². The minimum absolute atomic E-state index is 0.165. The molecule has 1 aliphatic rings. The Hall–Kier alpha value is -2.31. The van der Waals surface area contributed by atoms with Gasteiger partial charge in [0, 0.05) is 0 Å². The fourth-order valence-electron chi connectivity index (χ4n) is 2.41. The molecule has 0 spiro atoms. The van der Waals surface area contributed by atoms with Gasteiger partial charge in [0.1, 0.15) is 18.5 Å². The van der Waals surface area contributed by atoms with Crippen molar-refractivity contribution in [2.45, 2.75) is 17.8 Å². The Morgan fingerprint density at radius 2 is 1.79 bits per heavy atom. The van der Waals surface area contributed by atoms with Crippen LogP contribution in [-0.4, -0.2) is 28.1 Å². The number of imide groups is 1. The second-order valence-electron chi connectivity index (χ2n) is 5.47. The summed E-state index contributed by atoms with van der Waals surface area (Å²) in [6.07, 6.45) is -0.190. The van der Waals surface area contributed by atoms with Gasteiger partial charge >= 0.3 is 0 Å². The van der Waals surface area contributed by atoms with Crippen LogP contribution in [0.25, 0.3) is 0 Å². The molecule has 0 saturated carbocycles. The number of aliphatic hydroxyl groups is 1. The number of nitrogens with one attached hydrogen (secondary N) is 1. The van der Waals surface area contributed by atoms with Crippen LogP contribution in [0.3, 0.4) is 0 Å². The number of carbonyl (C=O) groups excluding carboxylic acids is 2. The average molecular weight is 343 g/mol. The molecule has 0 aliphatic carbocycles. The summed E-state index contributed by atoms with van der Waals surface area (Å²) in [4.78, 5) is 22.7. The van der Waals surface area contributed by atoms with E-state index in [1.54, 1.807) is 12.1 Å². The van der Waals surface area contributed by atoms with Gasteiger partial charge in [-0.15, -0.1) is 0 Å². The quantitative estimate of drug-likeness (QED) is 0.843. The van der Waals surface area contributed by atoms with E-state index in [0.29, 0.717) is 12.2 Å². The highest BCUT2D eigenvalue weighted by Gasteiger charge is 2.31. The van der Waals surface area contributed by atoms with Crippen molar-refractivity contribution in [3.63, 3.8) is 0 Å². The number of hydrogen-bond acceptors (Lipinski definition) is 5. The van der Waals surface area contributed by atoms with Crippen LogP contribution in [0.15, 0.2) is 54.6 Å². The van der Waals surface area contributed by atoms with Crippen LogP contribution in [0, 0.1) is 0 Å². The molecule has 24 heavy (non-hydrogen) atoms. The Bertz CT molecular complexity index is 718. The van der Waals surface area contributed by atoms with Gasteiger partial charge in [0.05, 0.1) is 5.25 Å². The molecule has 1 aliphatic heterocycles. The zero-order valence-electron chi connectivity index (χ0n) is 12.8. The van der Waals surface area contributed by atoms with Gasteiger partial charge < -0.3 is 9.84 Å². The zero-order chi connectivity index (χ0) is 16.9. The molecular formula is C18H17NO4S. The van der Waals surface area contributed by atoms with E-state index in [2.05, 4.69) is 5.32 Å². The molecule has 1 saturated heterocycles. The molecule has 3 rings (SSSR count). The summed E-state index contributed by atoms with van der Waals surface area (Å²) in [5, 5.41) is 11.7. The summed E-state index contributed by atoms with van der Waals surface area (Å²) in [5.74, 6) is 0.407. The Morgan fingerprint density at radius 1 is 1.08 bits per heavy atom. The Kier molecular flexibility index (Phi) is 5.17. The molecule has 2 amide bonds. The van der Waals surface area contributed by atoms with E-state index in [0.717, 1.165) is 22.9 Å². The van der Waals surface area contributed by atoms with Crippen molar-refractivity contribution in [2.75, 3.05) is 6.61 Å². The van der Waals surface area contributed by atoms with Crippen LogP contribution in [0.2, 0.25) is 0 Å². The van der Waals surface area contributed by atoms with E-state index >= 15 is 0 Å². The molecule has 0 bridgehead atoms. The lowest BCUT2D eigenvalue weighted by molar-refractivity contribution is -0.118. The van der Waals surface area contributed by atoms with Gasteiger partial charge in [0.2, 0.25) is 5.91 Å². The lowest BCUT2D eigenvalue weighted by atomic mass is 10.1. The number of ether oxygens (including phenoxy) is 1. The molecule has 5 nitrogen and oxygen atoms in total. The maximum absolute atomic E-state index is 11.6. The minimum Gasteiger partial charge on any atom is -0.491 e. The average Bonchev–Trinajstić information content (AvgIpc) is 2.92. The Morgan fingerprint density at radius 3 is 2.42 bits per heavy atom. The molecule has 1 heterocycles. The van der Waals surface area contributed by atoms with E-state index < -0.39 is 6.10 Å². The number of carbonyl (C=O) groups is 2. The molecule has 124 valence electrons. The molecule has 1 fully saturated rings. The van der Waals surface area contributed by atoms with Crippen molar-refractivity contribution in [1.29, 1.82) is 0 Å². The summed E-state index contributed by atoms with van der Waals surface area (Å²) < 4.78 is 5.60. The Labute approximate surface area is 144 Å². The van der Waals surface area contributed by atoms with E-state index in [9.17, 15) is 14.7 Å². The first-order valence-electron chi connectivity index (χ1n) is 7.58. The van der Waals surface area contributed by atoms with E-state index in [1.807, 2.05) is 42.5 Å². The number of aliphatic hydroxyl groups excluding tert-OH is 1. The highest BCUT2D eigenvalue weighted by molar-refractivity contribution is 8.15. The van der Waals surface area contributed by atoms with E-state index in [1.165, 1.54) is 0 Å². The number of hydrogen-bond donors (Lipinski definition) is 2. The number of amides is 2. The van der Waals surface area contributed by atoms with E-state index in [4.69, 9.17) is 4.74 Å². The fraction of sp³-hybridized carbons (Fsp3) is 0.222. The van der Waals surface area contributed by atoms with Crippen molar-refractivity contribution < 1.29 is 19.4 Å². The van der Waals surface area contributed by atoms with Crippen molar-refractivity contribution in [1.82, 2.24) is 5.32 Å². The minimum atomic E-state index is -0.685. The summed E-state index contributed by atoms with van der Waals surface area (Å²) in [6, 6.07) is 16.7. The fourth-order valence-corrected chi connectivity index (χ4v) is 3.27. The number of thioether (sulfide) groups is 1. The topological polar surface area (TPSA) is 75.6 Å². The predicted molar refractivity (Wildman–Crippen MR) is 92.0 cm³/mol. The van der Waals surface area contributed by atoms with Gasteiger partial charge in [0.25, 0.3) is 5.24 Å². The Balaban J connectivity index is 1.53. The number of benzene rings is 2. The standard InChI is InChI=1S/C18H17NO4S/c20-15(13-4-2-1-3-5-13)11-23-14-8-6-12(7-9-14)10-16-17(21)19-18(22)24-16/h1-9,15-16,20H,10-11H2,(H,19,21,22)/t15-,16?/m1/s1. The van der Waals surface area contributed by atoms with Crippen molar-refractivity contribution in [3.05, 3.63) is 65.7 Å². The molecule has 2 aromatic carbocycles. The molecule has 2 N–H and O–H groups in total. The van der Waals surface area contributed by atoms with Crippen molar-refractivity contribution >= 4 is 22.9 Å². The third-order valence-corrected chi connectivity index (χ3v) is 4.69. The molecule has 2 aromatic rings. The van der Waals surface area contributed by atoms with Crippen LogP contribution in [0.1, 0.15) is 17.2 Å². The smallest absolute Gasteiger partial charge is 0.286 e. The first-order chi connectivity index (χ1) is 11.6. The molecule has 2 atom stereocenters. The summed E-state index contributed by atoms with van der Waals surface area (Å²) in [6.45, 7) is 0.165. The van der Waals surface area contributed by atoms with Gasteiger partial charge in [-0.05, 0) is 29.7 Å². The van der Waals surface area contributed by atoms with Crippen LogP contribution < -0.4 is 10.1 Å². The van der Waals surface area contributed by atoms with Crippen molar-refractivity contribution in [2.24, 2.45) is 0 Å². The van der Waals surface area contributed by atoms with Gasteiger partial charge in [0.15, 0.2) is 0 Å². The van der Waals surface area contributed by atoms with Crippen LogP contribution in [0.5, 0.6) is 5.75 Å². The predicted octanol–water partition coefficient (Wildman–Crippen LogP) is 2.69. The summed E-state index contributed by atoms with van der Waals surface area (Å²) >= 11 is 1.02. The lowest BCUT2D eigenvalue weighted by Crippen LogP contribution is -2.25. The number of rotatable bonds is 6. The van der Waals surface area contributed by atoms with Gasteiger partial charge in [-0.3, -0.25) is 14.9 Å². The molecular weight excluding hydrogens is 326 g/mol. The maximum Gasteiger partial charge on any atom is 0.286 e. The van der Waals surface area contributed by atoms with Crippen molar-refractivity contribution in [3.8, 4) is 5.75 Å². The van der Waals surface area contributed by atoms with Crippen LogP contribution >= 0.6 is 11.8 Å². The third kappa shape index (κ3) is 4.15. The van der Waals surface area contributed by atoms with Gasteiger partial charge in [-0.25, -0.2) is 0 Å². The molecule has 1 unspecified atom stereocenters. The SMILES string of the molecule is O=C1NC(=O)C(Cc2ccc(OC[C@@H](O)c3ccccc3)cc2)S1. The first-order valence-corrected chi connectivity index (χ1v) is 8.46. The first kappa shape index (κ1) is 16.5. The zero-order valence-corrected chi connectivity index (χ0v) is 13.7. The molecule has 6 heteroatoms. The van der Waals surface area contributed by atoms with E-state index in [-0.39, 0.29) is 23.0 Å². The summed E-state index contributed by atoms with van der Waals surface area (Å²) in [5.41, 5.74) is 1.76. The monoisotopic (exact) mass is 343 g/mol. The lowest BCUT2D eigenvalue weighted by Gasteiger charge is -2.13. The summed E-state index contributed by atoms with van der Waals surface area (Å²) in [7, 11) is 0. The molecule has 0 aromatic heterocycles. The highest BCUT2D eigenvalue weighted by Crippen LogP contribution is 2.24. The highest BCUT2D eigenvalue weighted by atomic mass is 32.2. The second-order valence-corrected chi connectivity index (χ2v) is 6.64.